The van der Waals surface area contributed by atoms with E-state index in [4.69, 9.17) is 4.42 Å². The first kappa shape index (κ1) is 18.7. The minimum absolute atomic E-state index is 0.0298. The van der Waals surface area contributed by atoms with E-state index in [-0.39, 0.29) is 5.57 Å². The summed E-state index contributed by atoms with van der Waals surface area (Å²) in [5, 5.41) is 13.0. The van der Waals surface area contributed by atoms with Crippen LogP contribution >= 0.6 is 11.3 Å². The van der Waals surface area contributed by atoms with E-state index in [9.17, 15) is 10.1 Å². The van der Waals surface area contributed by atoms with Gasteiger partial charge in [0.1, 0.15) is 17.4 Å². The summed E-state index contributed by atoms with van der Waals surface area (Å²) in [5.41, 5.74) is 3.47. The van der Waals surface area contributed by atoms with Crippen molar-refractivity contribution in [3.63, 3.8) is 0 Å². The Morgan fingerprint density at radius 1 is 1.10 bits per heavy atom. The number of nitrogens with zero attached hydrogens (tertiary/aromatic N) is 2. The number of anilines is 1. The molecule has 0 bridgehead atoms. The zero-order chi connectivity index (χ0) is 20.4. The number of aromatic nitrogens is 1. The third kappa shape index (κ3) is 3.82. The minimum atomic E-state index is -0.470. The topological polar surface area (TPSA) is 78.9 Å². The van der Waals surface area contributed by atoms with E-state index < -0.39 is 5.91 Å². The summed E-state index contributed by atoms with van der Waals surface area (Å²) in [5.74, 6) is 0.556. The zero-order valence-electron chi connectivity index (χ0n) is 15.9. The maximum atomic E-state index is 12.6. The molecular weight excluding hydrogens is 382 g/mol. The Kier molecular flexibility index (Phi) is 4.98. The molecule has 0 fully saturated rings. The first-order chi connectivity index (χ1) is 14.0. The van der Waals surface area contributed by atoms with Crippen molar-refractivity contribution in [2.75, 3.05) is 5.32 Å². The largest absolute Gasteiger partial charge is 0.454 e. The van der Waals surface area contributed by atoms with Gasteiger partial charge in [0.2, 0.25) is 0 Å². The van der Waals surface area contributed by atoms with Crippen molar-refractivity contribution in [3.8, 4) is 16.8 Å². The molecule has 1 N–H and O–H groups in total. The predicted molar refractivity (Wildman–Crippen MR) is 115 cm³/mol. The Balaban J connectivity index is 1.59. The maximum Gasteiger partial charge on any atom is 0.266 e. The zero-order valence-corrected chi connectivity index (χ0v) is 16.7. The van der Waals surface area contributed by atoms with Gasteiger partial charge < -0.3 is 9.73 Å². The smallest absolute Gasteiger partial charge is 0.266 e. The Hall–Kier alpha value is -3.69. The van der Waals surface area contributed by atoms with Gasteiger partial charge in [-0.1, -0.05) is 30.3 Å². The molecule has 0 spiro atoms. The minimum Gasteiger partial charge on any atom is -0.454 e. The fourth-order valence-electron chi connectivity index (χ4n) is 3.01. The Bertz CT molecular complexity index is 1240. The molecule has 2 heterocycles. The monoisotopic (exact) mass is 399 g/mol. The highest BCUT2D eigenvalue weighted by Crippen LogP contribution is 2.31. The predicted octanol–water partition coefficient (Wildman–Crippen LogP) is 5.72. The first-order valence-electron chi connectivity index (χ1n) is 9.00. The van der Waals surface area contributed by atoms with E-state index in [0.29, 0.717) is 17.2 Å². The van der Waals surface area contributed by atoms with Crippen molar-refractivity contribution in [2.24, 2.45) is 0 Å². The maximum absolute atomic E-state index is 12.6. The number of furan rings is 1. The van der Waals surface area contributed by atoms with E-state index in [1.807, 2.05) is 62.4 Å². The third-order valence-corrected chi connectivity index (χ3v) is 5.55. The first-order valence-corrected chi connectivity index (χ1v) is 9.82. The van der Waals surface area contributed by atoms with Crippen LogP contribution in [0.1, 0.15) is 16.9 Å². The van der Waals surface area contributed by atoms with Crippen LogP contribution in [-0.4, -0.2) is 10.9 Å². The molecule has 5 nitrogen and oxygen atoms in total. The van der Waals surface area contributed by atoms with E-state index in [1.54, 1.807) is 12.1 Å². The van der Waals surface area contributed by atoms with Crippen molar-refractivity contribution in [1.29, 1.82) is 5.26 Å². The van der Waals surface area contributed by atoms with E-state index in [0.717, 1.165) is 26.4 Å². The van der Waals surface area contributed by atoms with Crippen molar-refractivity contribution >= 4 is 39.2 Å². The number of carbonyl (C=O) groups excluding carboxylic acids is 1. The van der Waals surface area contributed by atoms with E-state index in [1.165, 1.54) is 17.4 Å². The van der Waals surface area contributed by atoms with Gasteiger partial charge >= 0.3 is 0 Å². The molecule has 29 heavy (non-hydrogen) atoms. The van der Waals surface area contributed by atoms with Crippen molar-refractivity contribution in [1.82, 2.24) is 4.98 Å². The molecule has 0 saturated heterocycles. The van der Waals surface area contributed by atoms with Crippen LogP contribution in [0.2, 0.25) is 0 Å². The highest BCUT2D eigenvalue weighted by Gasteiger charge is 2.14. The fourth-order valence-corrected chi connectivity index (χ4v) is 3.93. The van der Waals surface area contributed by atoms with Crippen LogP contribution in [0.4, 0.5) is 5.69 Å². The molecule has 6 heteroatoms. The summed E-state index contributed by atoms with van der Waals surface area (Å²) >= 11 is 1.53. The molecule has 0 unspecified atom stereocenters. The van der Waals surface area contributed by atoms with Gasteiger partial charge in [0.05, 0.1) is 10.2 Å². The number of aryl methyl sites for hydroxylation is 2. The highest BCUT2D eigenvalue weighted by atomic mass is 32.1. The van der Waals surface area contributed by atoms with Gasteiger partial charge in [-0.25, -0.2) is 4.98 Å². The van der Waals surface area contributed by atoms with Crippen LogP contribution in [0.25, 0.3) is 27.1 Å². The Morgan fingerprint density at radius 2 is 1.86 bits per heavy atom. The van der Waals surface area contributed by atoms with Crippen LogP contribution in [-0.2, 0) is 4.79 Å². The Labute approximate surface area is 171 Å². The lowest BCUT2D eigenvalue weighted by atomic mass is 10.1. The standard InChI is InChI=1S/C23H17N3O2S/c1-14-6-5-7-15(2)21(14)26-22(27)16(13-24)12-17-10-11-19(28-17)23-25-18-8-3-4-9-20(18)29-23/h3-12H,1-2H3,(H,26,27)/b16-12+. The van der Waals surface area contributed by atoms with Crippen LogP contribution in [0, 0.1) is 25.2 Å². The lowest BCUT2D eigenvalue weighted by molar-refractivity contribution is -0.112. The number of rotatable bonds is 4. The normalized spacial score (nSPS) is 11.4. The molecule has 142 valence electrons. The molecule has 4 aromatic rings. The van der Waals surface area contributed by atoms with Crippen LogP contribution in [0.15, 0.2) is 64.6 Å². The van der Waals surface area contributed by atoms with Gasteiger partial charge in [0, 0.05) is 11.8 Å². The molecule has 0 saturated carbocycles. The van der Waals surface area contributed by atoms with E-state index >= 15 is 0 Å². The van der Waals surface area contributed by atoms with Crippen LogP contribution in [0.5, 0.6) is 0 Å². The van der Waals surface area contributed by atoms with Crippen LogP contribution < -0.4 is 5.32 Å². The van der Waals surface area contributed by atoms with Gasteiger partial charge in [-0.15, -0.1) is 11.3 Å². The number of amides is 1. The number of para-hydroxylation sites is 2. The van der Waals surface area contributed by atoms with Gasteiger partial charge in [0.25, 0.3) is 5.91 Å². The average Bonchev–Trinajstić information content (AvgIpc) is 3.35. The average molecular weight is 399 g/mol. The SMILES string of the molecule is Cc1cccc(C)c1NC(=O)/C(C#N)=C/c1ccc(-c2nc3ccccc3s2)o1. The van der Waals surface area contributed by atoms with Crippen LogP contribution in [0.3, 0.4) is 0 Å². The molecule has 1 amide bonds. The van der Waals surface area contributed by atoms with Gasteiger partial charge in [-0.3, -0.25) is 4.79 Å². The fraction of sp³-hybridized carbons (Fsp3) is 0.0870. The lowest BCUT2D eigenvalue weighted by Gasteiger charge is -2.10. The molecule has 0 aliphatic carbocycles. The number of nitriles is 1. The molecule has 0 radical (unpaired) electrons. The molecule has 2 aromatic carbocycles. The number of hydrogen-bond acceptors (Lipinski definition) is 5. The molecule has 2 aromatic heterocycles. The van der Waals surface area contributed by atoms with E-state index in [2.05, 4.69) is 10.3 Å². The molecule has 0 aliphatic heterocycles. The van der Waals surface area contributed by atoms with Gasteiger partial charge in [0.15, 0.2) is 10.8 Å². The summed E-state index contributed by atoms with van der Waals surface area (Å²) in [6.45, 7) is 3.82. The third-order valence-electron chi connectivity index (χ3n) is 4.50. The second kappa shape index (κ2) is 7.74. The van der Waals surface area contributed by atoms with Crippen molar-refractivity contribution in [2.45, 2.75) is 13.8 Å². The molecule has 0 aliphatic rings. The van der Waals surface area contributed by atoms with Gasteiger partial charge in [-0.2, -0.15) is 5.26 Å². The number of thiazole rings is 1. The second-order valence-corrected chi connectivity index (χ2v) is 7.61. The number of carbonyl (C=O) groups is 1. The molecular formula is C23H17N3O2S. The second-order valence-electron chi connectivity index (χ2n) is 6.58. The lowest BCUT2D eigenvalue weighted by Crippen LogP contribution is -2.15. The Morgan fingerprint density at radius 3 is 2.59 bits per heavy atom. The van der Waals surface area contributed by atoms with Crippen molar-refractivity contribution < 1.29 is 9.21 Å². The number of fused-ring (bicyclic) bond motifs is 1. The molecule has 4 rings (SSSR count). The summed E-state index contributed by atoms with van der Waals surface area (Å²) in [6, 6.07) is 19.1. The van der Waals surface area contributed by atoms with Crippen molar-refractivity contribution in [3.05, 3.63) is 77.1 Å². The summed E-state index contributed by atoms with van der Waals surface area (Å²) in [7, 11) is 0. The number of benzene rings is 2. The number of nitrogens with one attached hydrogen (secondary N) is 1. The quantitative estimate of drug-likeness (QED) is 0.352. The van der Waals surface area contributed by atoms with Gasteiger partial charge in [-0.05, 0) is 49.2 Å². The summed E-state index contributed by atoms with van der Waals surface area (Å²) < 4.78 is 6.89. The summed E-state index contributed by atoms with van der Waals surface area (Å²) in [6.07, 6.45) is 1.44. The number of hydrogen-bond donors (Lipinski definition) is 1. The molecule has 0 atom stereocenters. The summed E-state index contributed by atoms with van der Waals surface area (Å²) in [4.78, 5) is 17.2. The highest BCUT2D eigenvalue weighted by molar-refractivity contribution is 7.21.